The van der Waals surface area contributed by atoms with Crippen LogP contribution in [0.15, 0.2) is 18.2 Å². The number of carbonyl (C=O) groups is 1. The fraction of sp³-hybridized carbons (Fsp3) is 0.650. The Balaban J connectivity index is 2.87. The largest absolute Gasteiger partial charge is 0.543 e. The van der Waals surface area contributed by atoms with Crippen LogP contribution in [0.25, 0.3) is 0 Å². The Labute approximate surface area is 166 Å². The molecule has 0 bridgehead atoms. The van der Waals surface area contributed by atoms with Gasteiger partial charge in [0, 0.05) is 0 Å². The molecule has 1 aromatic rings. The predicted molar refractivity (Wildman–Crippen MR) is 116 cm³/mol. The summed E-state index contributed by atoms with van der Waals surface area (Å²) in [5.41, 5.74) is 0.848. The van der Waals surface area contributed by atoms with Crippen LogP contribution in [0.3, 0.4) is 0 Å². The molecule has 148 valence electrons. The van der Waals surface area contributed by atoms with Gasteiger partial charge >= 0.3 is 0 Å². The summed E-state index contributed by atoms with van der Waals surface area (Å²) in [5, 5.41) is 0.649. The number of halogens is 1. The van der Waals surface area contributed by atoms with E-state index in [1.54, 1.807) is 0 Å². The molecule has 0 radical (unpaired) electrons. The second kappa shape index (κ2) is 7.68. The van der Waals surface area contributed by atoms with Crippen LogP contribution in [0.1, 0.15) is 47.1 Å². The average Bonchev–Trinajstić information content (AvgIpc) is 2.38. The van der Waals surface area contributed by atoms with E-state index in [2.05, 4.69) is 67.7 Å². The van der Waals surface area contributed by atoms with Crippen LogP contribution < -0.4 is 4.43 Å². The molecule has 0 fully saturated rings. The van der Waals surface area contributed by atoms with Gasteiger partial charge in [-0.05, 0) is 54.0 Å². The van der Waals surface area contributed by atoms with Gasteiger partial charge in [0.25, 0.3) is 22.6 Å². The van der Waals surface area contributed by atoms with E-state index in [0.717, 1.165) is 5.56 Å². The molecule has 1 aromatic carbocycles. The quantitative estimate of drug-likeness (QED) is 0.496. The Morgan fingerprint density at radius 2 is 1.46 bits per heavy atom. The highest BCUT2D eigenvalue weighted by Crippen LogP contribution is 2.40. The average molecular weight is 415 g/mol. The normalized spacial score (nSPS) is 13.5. The Morgan fingerprint density at radius 3 is 1.88 bits per heavy atom. The third-order valence-electron chi connectivity index (χ3n) is 5.69. The molecule has 0 unspecified atom stereocenters. The van der Waals surface area contributed by atoms with E-state index < -0.39 is 16.6 Å². The lowest BCUT2D eigenvalue weighted by atomic mass is 10.1. The summed E-state index contributed by atoms with van der Waals surface area (Å²) in [7, 11) is -4.05. The second-order valence-electron chi connectivity index (χ2n) is 10.0. The highest BCUT2D eigenvalue weighted by Gasteiger charge is 2.41. The fourth-order valence-corrected chi connectivity index (χ4v) is 4.09. The molecule has 3 nitrogen and oxygen atoms in total. The molecule has 0 aliphatic heterocycles. The van der Waals surface area contributed by atoms with Crippen LogP contribution in [-0.2, 0) is 15.6 Å². The summed E-state index contributed by atoms with van der Waals surface area (Å²) in [4.78, 5) is 12.4. The van der Waals surface area contributed by atoms with Gasteiger partial charge in [0.15, 0.2) is 0 Å². The number of carbonyl (C=O) groups excluding carboxylic acids is 1. The first kappa shape index (κ1) is 23.3. The maximum atomic E-state index is 12.4. The van der Waals surface area contributed by atoms with Gasteiger partial charge < -0.3 is 8.85 Å². The lowest BCUT2D eigenvalue weighted by Crippen LogP contribution is -2.44. The zero-order chi connectivity index (χ0) is 20.6. The summed E-state index contributed by atoms with van der Waals surface area (Å²) in [5.74, 6) is 0.505. The van der Waals surface area contributed by atoms with Gasteiger partial charge in [-0.1, -0.05) is 59.2 Å². The predicted octanol–water partition coefficient (Wildman–Crippen LogP) is 6.81. The SMILES string of the molecule is CC(C)(C)[Si](C)(C)OC(=O)Cc1ccc(O[Si](C)(C)C(C)(C)C)c(Cl)c1. The van der Waals surface area contributed by atoms with Crippen molar-refractivity contribution >= 4 is 34.2 Å². The van der Waals surface area contributed by atoms with E-state index in [9.17, 15) is 4.79 Å². The van der Waals surface area contributed by atoms with Crippen molar-refractivity contribution in [1.29, 1.82) is 0 Å². The Kier molecular flexibility index (Phi) is 6.87. The van der Waals surface area contributed by atoms with Crippen molar-refractivity contribution in [2.24, 2.45) is 0 Å². The van der Waals surface area contributed by atoms with Crippen molar-refractivity contribution < 1.29 is 13.6 Å². The van der Waals surface area contributed by atoms with Crippen LogP contribution in [-0.4, -0.2) is 22.6 Å². The number of hydrogen-bond acceptors (Lipinski definition) is 3. The van der Waals surface area contributed by atoms with Crippen LogP contribution >= 0.6 is 11.6 Å². The Morgan fingerprint density at radius 1 is 0.962 bits per heavy atom. The smallest absolute Gasteiger partial charge is 0.296 e. The standard InChI is InChI=1S/C20H35ClO3Si2/c1-19(2,3)25(7,8)23-17-12-11-15(13-16(17)21)14-18(22)24-26(9,10)20(4,5)6/h11-13H,14H2,1-10H3. The molecule has 0 atom stereocenters. The van der Waals surface area contributed by atoms with E-state index >= 15 is 0 Å². The molecule has 6 heteroatoms. The fourth-order valence-electron chi connectivity index (χ4n) is 1.81. The first-order valence-corrected chi connectivity index (χ1v) is 15.3. The zero-order valence-corrected chi connectivity index (χ0v) is 20.8. The molecule has 0 heterocycles. The van der Waals surface area contributed by atoms with Crippen molar-refractivity contribution in [3.8, 4) is 5.75 Å². The summed E-state index contributed by atoms with van der Waals surface area (Å²) >= 11 is 6.43. The van der Waals surface area contributed by atoms with E-state index in [4.69, 9.17) is 20.5 Å². The van der Waals surface area contributed by atoms with E-state index in [1.807, 2.05) is 18.2 Å². The molecular weight excluding hydrogens is 380 g/mol. The van der Waals surface area contributed by atoms with Crippen molar-refractivity contribution in [2.75, 3.05) is 0 Å². The molecule has 0 N–H and O–H groups in total. The van der Waals surface area contributed by atoms with Crippen molar-refractivity contribution in [3.63, 3.8) is 0 Å². The lowest BCUT2D eigenvalue weighted by Gasteiger charge is -2.36. The Bertz CT molecular complexity index is 656. The summed E-state index contributed by atoms with van der Waals surface area (Å²) < 4.78 is 12.1. The van der Waals surface area contributed by atoms with E-state index in [1.165, 1.54) is 0 Å². The van der Waals surface area contributed by atoms with Gasteiger partial charge in [-0.25, -0.2) is 0 Å². The monoisotopic (exact) mass is 414 g/mol. The number of rotatable bonds is 5. The second-order valence-corrected chi connectivity index (χ2v) is 19.9. The van der Waals surface area contributed by atoms with E-state index in [-0.39, 0.29) is 22.5 Å². The third-order valence-corrected chi connectivity index (χ3v) is 14.7. The molecule has 0 saturated carbocycles. The highest BCUT2D eigenvalue weighted by atomic mass is 35.5. The maximum Gasteiger partial charge on any atom is 0.296 e. The summed E-state index contributed by atoms with van der Waals surface area (Å²) in [6, 6.07) is 5.59. The lowest BCUT2D eigenvalue weighted by molar-refractivity contribution is -0.134. The molecule has 0 saturated heterocycles. The number of benzene rings is 1. The highest BCUT2D eigenvalue weighted by molar-refractivity contribution is 6.75. The van der Waals surface area contributed by atoms with Crippen LogP contribution in [0.5, 0.6) is 5.75 Å². The summed E-state index contributed by atoms with van der Waals surface area (Å²) in [6.45, 7) is 21.5. The number of hydrogen-bond donors (Lipinski definition) is 0. The molecule has 0 spiro atoms. The molecule has 0 aliphatic rings. The van der Waals surface area contributed by atoms with Crippen LogP contribution in [0, 0.1) is 0 Å². The van der Waals surface area contributed by atoms with Crippen molar-refractivity contribution in [3.05, 3.63) is 28.8 Å². The first-order chi connectivity index (χ1) is 11.5. The topological polar surface area (TPSA) is 35.5 Å². The van der Waals surface area contributed by atoms with E-state index in [0.29, 0.717) is 10.8 Å². The zero-order valence-electron chi connectivity index (χ0n) is 18.0. The summed E-state index contributed by atoms with van der Waals surface area (Å²) in [6.07, 6.45) is 0.229. The third kappa shape index (κ3) is 5.86. The minimum Gasteiger partial charge on any atom is -0.543 e. The molecule has 0 aliphatic carbocycles. The van der Waals surface area contributed by atoms with Gasteiger partial charge in [0.2, 0.25) is 0 Å². The first-order valence-electron chi connectivity index (χ1n) is 9.15. The molecular formula is C20H35ClO3Si2. The molecule has 26 heavy (non-hydrogen) atoms. The van der Waals surface area contributed by atoms with Crippen molar-refractivity contribution in [2.45, 2.75) is 84.2 Å². The Hall–Kier alpha value is -0.786. The van der Waals surface area contributed by atoms with Crippen LogP contribution in [0.2, 0.25) is 41.3 Å². The van der Waals surface area contributed by atoms with Gasteiger partial charge in [-0.15, -0.1) is 0 Å². The van der Waals surface area contributed by atoms with Crippen molar-refractivity contribution in [1.82, 2.24) is 0 Å². The molecule has 0 aromatic heterocycles. The minimum atomic E-state index is -2.10. The molecule has 1 rings (SSSR count). The minimum absolute atomic E-state index is 0.00116. The van der Waals surface area contributed by atoms with Crippen LogP contribution in [0.4, 0.5) is 0 Å². The molecule has 0 amide bonds. The maximum absolute atomic E-state index is 12.4. The van der Waals surface area contributed by atoms with Gasteiger partial charge in [0.05, 0.1) is 11.4 Å². The van der Waals surface area contributed by atoms with Gasteiger partial charge in [0.1, 0.15) is 5.75 Å². The van der Waals surface area contributed by atoms with Gasteiger partial charge in [-0.3, -0.25) is 4.79 Å². The van der Waals surface area contributed by atoms with Gasteiger partial charge in [-0.2, -0.15) is 0 Å².